The SMILES string of the molecule is Cc1cc(Cl)ccc1N1C(=O)/C(=C\c2cccc(NC(=O)c3ccccc3Cl)c2)NC1=S. The fourth-order valence-electron chi connectivity index (χ4n) is 3.34. The summed E-state index contributed by atoms with van der Waals surface area (Å²) in [6.45, 7) is 1.87. The summed E-state index contributed by atoms with van der Waals surface area (Å²) in [6, 6.07) is 19.2. The van der Waals surface area contributed by atoms with Gasteiger partial charge in [-0.3, -0.25) is 14.5 Å². The number of hydrogen-bond acceptors (Lipinski definition) is 3. The lowest BCUT2D eigenvalue weighted by molar-refractivity contribution is -0.113. The van der Waals surface area contributed by atoms with Crippen LogP contribution in [0.5, 0.6) is 0 Å². The quantitative estimate of drug-likeness (QED) is 0.364. The van der Waals surface area contributed by atoms with Crippen LogP contribution in [-0.2, 0) is 4.79 Å². The van der Waals surface area contributed by atoms with Gasteiger partial charge in [0, 0.05) is 10.7 Å². The van der Waals surface area contributed by atoms with Crippen molar-refractivity contribution >= 4 is 69.8 Å². The van der Waals surface area contributed by atoms with Crippen LogP contribution in [0, 0.1) is 6.92 Å². The van der Waals surface area contributed by atoms with Crippen molar-refractivity contribution in [3.8, 4) is 0 Å². The number of rotatable bonds is 4. The van der Waals surface area contributed by atoms with Gasteiger partial charge in [-0.05, 0) is 78.8 Å². The lowest BCUT2D eigenvalue weighted by Gasteiger charge is -2.16. The summed E-state index contributed by atoms with van der Waals surface area (Å²) in [6.07, 6.45) is 1.69. The molecule has 32 heavy (non-hydrogen) atoms. The largest absolute Gasteiger partial charge is 0.327 e. The molecule has 0 atom stereocenters. The molecule has 1 saturated heterocycles. The number of nitrogens with zero attached hydrogens (tertiary/aromatic N) is 1. The molecule has 3 aromatic rings. The maximum Gasteiger partial charge on any atom is 0.281 e. The Kier molecular flexibility index (Phi) is 6.28. The van der Waals surface area contributed by atoms with E-state index in [9.17, 15) is 9.59 Å². The zero-order valence-corrected chi connectivity index (χ0v) is 19.2. The van der Waals surface area contributed by atoms with Gasteiger partial charge in [-0.25, -0.2) is 0 Å². The average molecular weight is 482 g/mol. The van der Waals surface area contributed by atoms with E-state index in [1.54, 1.807) is 66.7 Å². The van der Waals surface area contributed by atoms with Gasteiger partial charge in [0.25, 0.3) is 11.8 Å². The molecule has 0 spiro atoms. The van der Waals surface area contributed by atoms with Crippen molar-refractivity contribution in [1.29, 1.82) is 0 Å². The van der Waals surface area contributed by atoms with Gasteiger partial charge in [0.1, 0.15) is 5.70 Å². The Labute approximate surface area is 200 Å². The molecule has 0 bridgehead atoms. The third-order valence-corrected chi connectivity index (χ3v) is 5.70. The van der Waals surface area contributed by atoms with Crippen molar-refractivity contribution < 1.29 is 9.59 Å². The van der Waals surface area contributed by atoms with E-state index in [-0.39, 0.29) is 16.9 Å². The van der Waals surface area contributed by atoms with Crippen molar-refractivity contribution in [1.82, 2.24) is 5.32 Å². The Morgan fingerprint density at radius 3 is 2.59 bits per heavy atom. The third-order valence-electron chi connectivity index (χ3n) is 4.85. The number of nitrogens with one attached hydrogen (secondary N) is 2. The predicted octanol–water partition coefficient (Wildman–Crippen LogP) is 5.82. The van der Waals surface area contributed by atoms with Gasteiger partial charge in [0.05, 0.1) is 16.3 Å². The number of benzene rings is 3. The smallest absolute Gasteiger partial charge is 0.281 e. The summed E-state index contributed by atoms with van der Waals surface area (Å²) in [5.41, 5.74) is 3.50. The van der Waals surface area contributed by atoms with Crippen LogP contribution in [-0.4, -0.2) is 16.9 Å². The molecule has 160 valence electrons. The fraction of sp³-hybridized carbons (Fsp3) is 0.0417. The highest BCUT2D eigenvalue weighted by atomic mass is 35.5. The van der Waals surface area contributed by atoms with E-state index in [1.807, 2.05) is 13.0 Å². The Hall–Kier alpha value is -3.19. The summed E-state index contributed by atoms with van der Waals surface area (Å²) in [5, 5.41) is 7.04. The lowest BCUT2D eigenvalue weighted by atomic mass is 10.1. The molecule has 0 aromatic heterocycles. The number of halogens is 2. The Balaban J connectivity index is 1.57. The van der Waals surface area contributed by atoms with Crippen LogP contribution in [0.15, 0.2) is 72.4 Å². The molecular weight excluding hydrogens is 465 g/mol. The van der Waals surface area contributed by atoms with Gasteiger partial charge in [0.15, 0.2) is 5.11 Å². The van der Waals surface area contributed by atoms with Gasteiger partial charge in [-0.15, -0.1) is 0 Å². The number of carbonyl (C=O) groups excluding carboxylic acids is 2. The summed E-state index contributed by atoms with van der Waals surface area (Å²) in [4.78, 5) is 27.0. The van der Waals surface area contributed by atoms with Gasteiger partial charge in [0.2, 0.25) is 0 Å². The van der Waals surface area contributed by atoms with E-state index in [1.165, 1.54) is 4.90 Å². The fourth-order valence-corrected chi connectivity index (χ4v) is 4.08. The monoisotopic (exact) mass is 481 g/mol. The molecular formula is C24H17Cl2N3O2S. The summed E-state index contributed by atoms with van der Waals surface area (Å²) < 4.78 is 0. The Bertz CT molecular complexity index is 1290. The van der Waals surface area contributed by atoms with Crippen LogP contribution < -0.4 is 15.5 Å². The van der Waals surface area contributed by atoms with E-state index < -0.39 is 0 Å². The highest BCUT2D eigenvalue weighted by Crippen LogP contribution is 2.28. The molecule has 1 heterocycles. The standard InChI is InChI=1S/C24H17Cl2N3O2S/c1-14-11-16(25)9-10-21(14)29-23(31)20(28-24(29)32)13-15-5-4-6-17(12-15)27-22(30)18-7-2-3-8-19(18)26/h2-13H,1H3,(H,27,30)(H,28,32)/b20-13+. The number of amides is 2. The summed E-state index contributed by atoms with van der Waals surface area (Å²) in [7, 11) is 0. The number of hydrogen-bond donors (Lipinski definition) is 2. The molecule has 0 unspecified atom stereocenters. The normalized spacial score (nSPS) is 14.6. The van der Waals surface area contributed by atoms with Crippen molar-refractivity contribution in [3.63, 3.8) is 0 Å². The predicted molar refractivity (Wildman–Crippen MR) is 133 cm³/mol. The molecule has 0 radical (unpaired) electrons. The number of anilines is 2. The molecule has 2 N–H and O–H groups in total. The lowest BCUT2D eigenvalue weighted by Crippen LogP contribution is -2.30. The summed E-state index contributed by atoms with van der Waals surface area (Å²) in [5.74, 6) is -0.591. The first-order valence-corrected chi connectivity index (χ1v) is 10.8. The minimum atomic E-state index is -0.318. The molecule has 1 aliphatic rings. The summed E-state index contributed by atoms with van der Waals surface area (Å²) >= 11 is 17.5. The minimum Gasteiger partial charge on any atom is -0.327 e. The zero-order chi connectivity index (χ0) is 22.8. The zero-order valence-electron chi connectivity index (χ0n) is 16.9. The molecule has 2 amide bonds. The van der Waals surface area contributed by atoms with Crippen LogP contribution in [0.2, 0.25) is 10.0 Å². The van der Waals surface area contributed by atoms with Crippen molar-refractivity contribution in [2.75, 3.05) is 10.2 Å². The molecule has 1 aliphatic heterocycles. The Morgan fingerprint density at radius 2 is 1.84 bits per heavy atom. The van der Waals surface area contributed by atoms with Crippen molar-refractivity contribution in [3.05, 3.63) is 99.2 Å². The highest BCUT2D eigenvalue weighted by molar-refractivity contribution is 7.80. The van der Waals surface area contributed by atoms with Crippen molar-refractivity contribution in [2.24, 2.45) is 0 Å². The van der Waals surface area contributed by atoms with E-state index in [0.717, 1.165) is 11.1 Å². The molecule has 3 aromatic carbocycles. The topological polar surface area (TPSA) is 61.4 Å². The second-order valence-corrected chi connectivity index (χ2v) is 8.35. The third kappa shape index (κ3) is 4.53. The number of thiocarbonyl (C=S) groups is 1. The molecule has 8 heteroatoms. The maximum absolute atomic E-state index is 13.0. The molecule has 0 saturated carbocycles. The van der Waals surface area contributed by atoms with Crippen molar-refractivity contribution in [2.45, 2.75) is 6.92 Å². The minimum absolute atomic E-state index is 0.272. The number of aryl methyl sites for hydroxylation is 1. The van der Waals surface area contributed by atoms with Gasteiger partial charge < -0.3 is 10.6 Å². The second kappa shape index (κ2) is 9.12. The first-order chi connectivity index (χ1) is 15.3. The van der Waals surface area contributed by atoms with Crippen LogP contribution >= 0.6 is 35.4 Å². The maximum atomic E-state index is 13.0. The number of carbonyl (C=O) groups is 2. The highest BCUT2D eigenvalue weighted by Gasteiger charge is 2.32. The second-order valence-electron chi connectivity index (χ2n) is 7.12. The molecule has 5 nitrogen and oxygen atoms in total. The van der Waals surface area contributed by atoms with Crippen LogP contribution in [0.25, 0.3) is 6.08 Å². The van der Waals surface area contributed by atoms with Gasteiger partial charge >= 0.3 is 0 Å². The molecule has 4 rings (SSSR count). The van der Waals surface area contributed by atoms with Gasteiger partial charge in [-0.2, -0.15) is 0 Å². The van der Waals surface area contributed by atoms with Crippen LogP contribution in [0.4, 0.5) is 11.4 Å². The van der Waals surface area contributed by atoms with Crippen LogP contribution in [0.1, 0.15) is 21.5 Å². The van der Waals surface area contributed by atoms with E-state index >= 15 is 0 Å². The molecule has 1 fully saturated rings. The average Bonchev–Trinajstić information content (AvgIpc) is 3.02. The van der Waals surface area contributed by atoms with E-state index in [0.29, 0.717) is 32.7 Å². The first-order valence-electron chi connectivity index (χ1n) is 9.63. The molecule has 0 aliphatic carbocycles. The van der Waals surface area contributed by atoms with Gasteiger partial charge in [-0.1, -0.05) is 47.5 Å². The first kappa shape index (κ1) is 22.0. The van der Waals surface area contributed by atoms with E-state index in [4.69, 9.17) is 35.4 Å². The van der Waals surface area contributed by atoms with Crippen LogP contribution in [0.3, 0.4) is 0 Å². The Morgan fingerprint density at radius 1 is 1.06 bits per heavy atom. The van der Waals surface area contributed by atoms with E-state index in [2.05, 4.69) is 10.6 Å².